The van der Waals surface area contributed by atoms with Crippen molar-refractivity contribution >= 4 is 51.6 Å². The summed E-state index contributed by atoms with van der Waals surface area (Å²) >= 11 is 8.63. The number of pyridine rings is 1. The van der Waals surface area contributed by atoms with Gasteiger partial charge in [-0.25, -0.2) is 9.78 Å². The lowest BCUT2D eigenvalue weighted by Gasteiger charge is -2.36. The summed E-state index contributed by atoms with van der Waals surface area (Å²) in [6.07, 6.45) is 1.72. The van der Waals surface area contributed by atoms with Crippen molar-refractivity contribution in [2.24, 2.45) is 0 Å². The largest absolute Gasteiger partial charge is 0.495 e. The number of ether oxygens (including phenoxy) is 2. The minimum Gasteiger partial charge on any atom is -0.495 e. The summed E-state index contributed by atoms with van der Waals surface area (Å²) in [5, 5.41) is 10.4. The van der Waals surface area contributed by atoms with Crippen molar-refractivity contribution in [2.45, 2.75) is 33.0 Å². The zero-order valence-electron chi connectivity index (χ0n) is 19.6. The zero-order valence-corrected chi connectivity index (χ0v) is 22.6. The van der Waals surface area contributed by atoms with Gasteiger partial charge in [-0.15, -0.1) is 0 Å². The van der Waals surface area contributed by atoms with Gasteiger partial charge in [0.25, 0.3) is 0 Å². The molecule has 10 heteroatoms. The number of methoxy groups -OCH3 is 1. The first kappa shape index (κ1) is 24.9. The van der Waals surface area contributed by atoms with Crippen molar-refractivity contribution < 1.29 is 19.4 Å². The molecule has 1 saturated heterocycles. The molecular formula is C24H28ClIN4O4. The maximum Gasteiger partial charge on any atom is 0.410 e. The lowest BCUT2D eigenvalue weighted by atomic mass is 10.1. The standard InChI is InChI=1S/C24H28ClIN4O4/c1-24(2,3)34-23(32)29-9-7-28(8-10-29)16-5-6-30-20(12-16)27-21(22(30)26)17-13-18(25)19(33-4)11-15(17)14-31/h5-6,11-13,31H,7-10,14H2,1-4H3. The van der Waals surface area contributed by atoms with Gasteiger partial charge in [-0.3, -0.25) is 4.40 Å². The molecule has 1 amide bonds. The van der Waals surface area contributed by atoms with Gasteiger partial charge < -0.3 is 24.4 Å². The number of nitrogens with zero attached hydrogens (tertiary/aromatic N) is 4. The summed E-state index contributed by atoms with van der Waals surface area (Å²) in [6.45, 7) is 8.09. The third kappa shape index (κ3) is 5.06. The maximum absolute atomic E-state index is 12.4. The number of amides is 1. The number of carbonyl (C=O) groups is 1. The third-order valence-corrected chi connectivity index (χ3v) is 6.98. The quantitative estimate of drug-likeness (QED) is 0.434. The van der Waals surface area contributed by atoms with Crippen molar-refractivity contribution in [1.82, 2.24) is 14.3 Å². The number of hydrogen-bond acceptors (Lipinski definition) is 6. The molecule has 1 N–H and O–H groups in total. The van der Waals surface area contributed by atoms with Gasteiger partial charge in [0.2, 0.25) is 0 Å². The molecule has 34 heavy (non-hydrogen) atoms. The summed E-state index contributed by atoms with van der Waals surface area (Å²) in [7, 11) is 1.55. The van der Waals surface area contributed by atoms with E-state index in [-0.39, 0.29) is 12.7 Å². The predicted molar refractivity (Wildman–Crippen MR) is 141 cm³/mol. The van der Waals surface area contributed by atoms with E-state index in [0.29, 0.717) is 42.5 Å². The van der Waals surface area contributed by atoms with Crippen LogP contribution in [-0.4, -0.2) is 64.4 Å². The molecule has 0 radical (unpaired) electrons. The second-order valence-corrected chi connectivity index (χ2v) is 10.5. The molecule has 1 fully saturated rings. The van der Waals surface area contributed by atoms with Crippen LogP contribution in [0.4, 0.5) is 10.5 Å². The van der Waals surface area contributed by atoms with E-state index in [0.717, 1.165) is 26.3 Å². The molecule has 0 atom stereocenters. The van der Waals surface area contributed by atoms with Crippen LogP contribution in [0.5, 0.6) is 5.75 Å². The fourth-order valence-corrected chi connectivity index (χ4v) is 5.01. The van der Waals surface area contributed by atoms with Crippen molar-refractivity contribution in [3.8, 4) is 17.0 Å². The number of rotatable bonds is 4. The van der Waals surface area contributed by atoms with Crippen LogP contribution in [0.1, 0.15) is 26.3 Å². The van der Waals surface area contributed by atoms with Crippen LogP contribution >= 0.6 is 34.2 Å². The highest BCUT2D eigenvalue weighted by molar-refractivity contribution is 14.1. The molecule has 0 spiro atoms. The number of halogens is 2. The molecule has 0 unspecified atom stereocenters. The van der Waals surface area contributed by atoms with Crippen LogP contribution in [0.3, 0.4) is 0 Å². The first-order valence-corrected chi connectivity index (χ1v) is 12.4. The van der Waals surface area contributed by atoms with E-state index < -0.39 is 5.60 Å². The smallest absolute Gasteiger partial charge is 0.410 e. The van der Waals surface area contributed by atoms with Gasteiger partial charge in [-0.05, 0) is 67.1 Å². The Labute approximate surface area is 217 Å². The Morgan fingerprint density at radius 2 is 1.91 bits per heavy atom. The van der Waals surface area contributed by atoms with Crippen molar-refractivity contribution in [2.75, 3.05) is 38.2 Å². The summed E-state index contributed by atoms with van der Waals surface area (Å²) in [5.74, 6) is 0.515. The summed E-state index contributed by atoms with van der Waals surface area (Å²) in [5.41, 5.74) is 3.55. The van der Waals surface area contributed by atoms with E-state index in [1.54, 1.807) is 24.1 Å². The summed E-state index contributed by atoms with van der Waals surface area (Å²) < 4.78 is 13.7. The second-order valence-electron chi connectivity index (χ2n) is 9.12. The van der Waals surface area contributed by atoms with Gasteiger partial charge in [-0.2, -0.15) is 0 Å². The Hall–Kier alpha value is -2.24. The number of hydrogen-bond donors (Lipinski definition) is 1. The molecule has 1 aliphatic heterocycles. The first-order chi connectivity index (χ1) is 16.1. The topological polar surface area (TPSA) is 79.5 Å². The van der Waals surface area contributed by atoms with E-state index in [1.807, 2.05) is 37.4 Å². The van der Waals surface area contributed by atoms with Crippen LogP contribution in [0.2, 0.25) is 5.02 Å². The van der Waals surface area contributed by atoms with Crippen LogP contribution in [0.25, 0.3) is 16.9 Å². The van der Waals surface area contributed by atoms with Gasteiger partial charge in [0.15, 0.2) is 0 Å². The van der Waals surface area contributed by atoms with Crippen molar-refractivity contribution in [3.05, 3.63) is 44.7 Å². The average Bonchev–Trinajstić information content (AvgIpc) is 3.13. The van der Waals surface area contributed by atoms with Gasteiger partial charge in [0.05, 0.1) is 18.7 Å². The SMILES string of the molecule is COc1cc(CO)c(-c2nc3cc(N4CCN(C(=O)OC(C)(C)C)CC4)ccn3c2I)cc1Cl. The Kier molecular flexibility index (Phi) is 7.16. The monoisotopic (exact) mass is 598 g/mol. The van der Waals surface area contributed by atoms with Gasteiger partial charge in [0.1, 0.15) is 26.4 Å². The Morgan fingerprint density at radius 3 is 2.53 bits per heavy atom. The van der Waals surface area contributed by atoms with E-state index in [9.17, 15) is 9.90 Å². The zero-order chi connectivity index (χ0) is 24.6. The number of fused-ring (bicyclic) bond motifs is 1. The number of anilines is 1. The predicted octanol–water partition coefficient (Wildman–Crippen LogP) is 4.82. The van der Waals surface area contributed by atoms with E-state index in [2.05, 4.69) is 33.6 Å². The minimum absolute atomic E-state index is 0.153. The van der Waals surface area contributed by atoms with Gasteiger partial charge in [0, 0.05) is 49.7 Å². The van der Waals surface area contributed by atoms with Crippen LogP contribution in [0, 0.1) is 3.70 Å². The number of carbonyl (C=O) groups excluding carboxylic acids is 1. The average molecular weight is 599 g/mol. The van der Waals surface area contributed by atoms with E-state index in [4.69, 9.17) is 26.1 Å². The minimum atomic E-state index is -0.501. The van der Waals surface area contributed by atoms with Gasteiger partial charge >= 0.3 is 6.09 Å². The Morgan fingerprint density at radius 1 is 1.21 bits per heavy atom. The van der Waals surface area contributed by atoms with Crippen LogP contribution in [0.15, 0.2) is 30.5 Å². The molecule has 1 aromatic carbocycles. The molecule has 0 saturated carbocycles. The van der Waals surface area contributed by atoms with E-state index >= 15 is 0 Å². The summed E-state index contributed by atoms with van der Waals surface area (Å²) in [6, 6.07) is 7.62. The van der Waals surface area contributed by atoms with Crippen LogP contribution < -0.4 is 9.64 Å². The molecule has 8 nitrogen and oxygen atoms in total. The molecule has 182 valence electrons. The fourth-order valence-electron chi connectivity index (χ4n) is 3.95. The number of aromatic nitrogens is 2. The highest BCUT2D eigenvalue weighted by Crippen LogP contribution is 2.36. The molecule has 0 aliphatic carbocycles. The molecule has 3 aromatic rings. The molecule has 2 aromatic heterocycles. The molecule has 0 bridgehead atoms. The third-order valence-electron chi connectivity index (χ3n) is 5.65. The molecular weight excluding hydrogens is 571 g/mol. The number of aliphatic hydroxyl groups excluding tert-OH is 1. The fraction of sp³-hybridized carbons (Fsp3) is 0.417. The maximum atomic E-state index is 12.4. The Balaban J connectivity index is 1.58. The summed E-state index contributed by atoms with van der Waals surface area (Å²) in [4.78, 5) is 21.2. The number of aliphatic hydroxyl groups is 1. The van der Waals surface area contributed by atoms with Crippen LogP contribution in [-0.2, 0) is 11.3 Å². The molecule has 3 heterocycles. The van der Waals surface area contributed by atoms with E-state index in [1.165, 1.54) is 0 Å². The second kappa shape index (κ2) is 9.79. The van der Waals surface area contributed by atoms with Gasteiger partial charge in [-0.1, -0.05) is 11.6 Å². The molecule has 1 aliphatic rings. The van der Waals surface area contributed by atoms with Crippen molar-refractivity contribution in [3.63, 3.8) is 0 Å². The number of benzene rings is 1. The highest BCUT2D eigenvalue weighted by Gasteiger charge is 2.26. The normalized spacial score (nSPS) is 14.6. The lowest BCUT2D eigenvalue weighted by molar-refractivity contribution is 0.0240. The Bertz CT molecular complexity index is 1220. The number of piperazine rings is 1. The number of imidazole rings is 1. The molecule has 4 rings (SSSR count). The van der Waals surface area contributed by atoms with Crippen molar-refractivity contribution in [1.29, 1.82) is 0 Å². The first-order valence-electron chi connectivity index (χ1n) is 11.0. The highest BCUT2D eigenvalue weighted by atomic mass is 127. The lowest BCUT2D eigenvalue weighted by Crippen LogP contribution is -2.50.